The Kier molecular flexibility index (Phi) is 4.73. The molecule has 0 radical (unpaired) electrons. The molecule has 2 unspecified atom stereocenters. The predicted molar refractivity (Wildman–Crippen MR) is 124 cm³/mol. The van der Waals surface area contributed by atoms with E-state index in [4.69, 9.17) is 0 Å². The molecular formula is C26H25N5O2. The van der Waals surface area contributed by atoms with Crippen molar-refractivity contribution >= 4 is 17.6 Å². The lowest BCUT2D eigenvalue weighted by Crippen LogP contribution is -2.37. The third-order valence-electron chi connectivity index (χ3n) is 7.15. The quantitative estimate of drug-likeness (QED) is 0.652. The Labute approximate surface area is 192 Å². The second-order valence-corrected chi connectivity index (χ2v) is 9.31. The lowest BCUT2D eigenvalue weighted by molar-refractivity contribution is -0.120. The molecule has 2 atom stereocenters. The molecule has 166 valence electrons. The van der Waals surface area contributed by atoms with Crippen molar-refractivity contribution in [2.24, 2.45) is 0 Å². The van der Waals surface area contributed by atoms with Gasteiger partial charge >= 0.3 is 0 Å². The summed E-state index contributed by atoms with van der Waals surface area (Å²) >= 11 is 0. The molecule has 1 aliphatic carbocycles. The van der Waals surface area contributed by atoms with Crippen LogP contribution in [0.1, 0.15) is 39.2 Å². The van der Waals surface area contributed by atoms with E-state index < -0.39 is 5.41 Å². The topological polar surface area (TPSA) is 87.2 Å². The van der Waals surface area contributed by atoms with Crippen LogP contribution in [0, 0.1) is 0 Å². The van der Waals surface area contributed by atoms with Crippen molar-refractivity contribution in [3.8, 4) is 0 Å². The zero-order valence-corrected chi connectivity index (χ0v) is 18.3. The Morgan fingerprint density at radius 1 is 1.12 bits per heavy atom. The summed E-state index contributed by atoms with van der Waals surface area (Å²) in [5.41, 5.74) is 4.02. The molecule has 33 heavy (non-hydrogen) atoms. The number of nitrogens with one attached hydrogen (secondary N) is 2. The maximum atomic E-state index is 13.0. The number of benzene rings is 1. The number of carbonyl (C=O) groups excluding carboxylic acids is 2. The summed E-state index contributed by atoms with van der Waals surface area (Å²) in [4.78, 5) is 37.0. The van der Waals surface area contributed by atoms with E-state index in [1.807, 2.05) is 24.3 Å². The molecule has 1 saturated heterocycles. The van der Waals surface area contributed by atoms with Gasteiger partial charge in [-0.2, -0.15) is 0 Å². The second kappa shape index (κ2) is 7.78. The number of anilines is 1. The van der Waals surface area contributed by atoms with Crippen LogP contribution in [0.25, 0.3) is 0 Å². The van der Waals surface area contributed by atoms with Gasteiger partial charge in [-0.05, 0) is 48.1 Å². The molecule has 1 spiro atoms. The molecule has 0 bridgehead atoms. The van der Waals surface area contributed by atoms with Crippen LogP contribution >= 0.6 is 0 Å². The predicted octanol–water partition coefficient (Wildman–Crippen LogP) is 2.47. The highest BCUT2D eigenvalue weighted by molar-refractivity contribution is 6.06. The van der Waals surface area contributed by atoms with Gasteiger partial charge in [-0.15, -0.1) is 0 Å². The standard InChI is InChI=1S/C26H25N5O2/c32-24(29-20-8-10-31(16-20)15-17-5-2-1-3-6-17)22-11-18-12-26(13-19(18)14-28-22)21-7-4-9-27-23(21)30-25(26)33/h1-7,9,11,14,20H,8,10,12-13,15-16H2,(H,29,32)(H,27,30,33). The number of aromatic nitrogens is 2. The van der Waals surface area contributed by atoms with Crippen LogP contribution in [0.2, 0.25) is 0 Å². The van der Waals surface area contributed by atoms with Crippen LogP contribution in [-0.2, 0) is 29.6 Å². The van der Waals surface area contributed by atoms with E-state index in [9.17, 15) is 9.59 Å². The molecule has 2 N–H and O–H groups in total. The molecule has 6 rings (SSSR count). The first kappa shape index (κ1) is 20.1. The van der Waals surface area contributed by atoms with Crippen molar-refractivity contribution in [2.45, 2.75) is 37.3 Å². The van der Waals surface area contributed by atoms with Gasteiger partial charge < -0.3 is 10.6 Å². The first-order valence-corrected chi connectivity index (χ1v) is 11.4. The van der Waals surface area contributed by atoms with E-state index in [0.29, 0.717) is 24.4 Å². The minimum atomic E-state index is -0.647. The van der Waals surface area contributed by atoms with Gasteiger partial charge in [-0.25, -0.2) is 4.98 Å². The Balaban J connectivity index is 1.14. The maximum Gasteiger partial charge on any atom is 0.270 e. The third-order valence-corrected chi connectivity index (χ3v) is 7.15. The average molecular weight is 440 g/mol. The lowest BCUT2D eigenvalue weighted by Gasteiger charge is -2.20. The molecule has 7 heteroatoms. The molecule has 3 aliphatic rings. The smallest absolute Gasteiger partial charge is 0.270 e. The number of fused-ring (bicyclic) bond motifs is 3. The fourth-order valence-corrected chi connectivity index (χ4v) is 5.47. The van der Waals surface area contributed by atoms with Crippen molar-refractivity contribution < 1.29 is 9.59 Å². The zero-order chi connectivity index (χ0) is 22.4. The van der Waals surface area contributed by atoms with Crippen molar-refractivity contribution in [1.29, 1.82) is 0 Å². The molecule has 7 nitrogen and oxygen atoms in total. The summed E-state index contributed by atoms with van der Waals surface area (Å²) < 4.78 is 0. The molecule has 0 saturated carbocycles. The summed E-state index contributed by atoms with van der Waals surface area (Å²) in [7, 11) is 0. The molecule has 2 amide bonds. The van der Waals surface area contributed by atoms with Crippen LogP contribution < -0.4 is 10.6 Å². The van der Waals surface area contributed by atoms with Gasteiger partial charge in [-0.1, -0.05) is 36.4 Å². The highest BCUT2D eigenvalue weighted by Gasteiger charge is 2.51. The highest BCUT2D eigenvalue weighted by Crippen LogP contribution is 2.46. The third kappa shape index (κ3) is 3.49. The average Bonchev–Trinajstić information content (AvgIpc) is 3.51. The summed E-state index contributed by atoms with van der Waals surface area (Å²) in [5, 5.41) is 6.07. The SMILES string of the molecule is O=C(NC1CCN(Cc2ccccc2)C1)c1cc2c(cn1)CC1(C2)C(=O)Nc2ncccc21. The number of carbonyl (C=O) groups is 2. The first-order valence-electron chi connectivity index (χ1n) is 11.4. The van der Waals surface area contributed by atoms with E-state index in [-0.39, 0.29) is 17.9 Å². The van der Waals surface area contributed by atoms with Crippen LogP contribution in [0.15, 0.2) is 60.9 Å². The summed E-state index contributed by atoms with van der Waals surface area (Å²) in [6, 6.07) is 16.2. The number of hydrogen-bond donors (Lipinski definition) is 2. The van der Waals surface area contributed by atoms with Gasteiger partial charge in [0.25, 0.3) is 5.91 Å². The number of rotatable bonds is 4. The van der Waals surface area contributed by atoms with Crippen molar-refractivity contribution in [3.63, 3.8) is 0 Å². The Hall–Kier alpha value is -3.58. The number of hydrogen-bond acceptors (Lipinski definition) is 5. The van der Waals surface area contributed by atoms with Crippen LogP contribution in [-0.4, -0.2) is 45.8 Å². The molecule has 3 aromatic rings. The van der Waals surface area contributed by atoms with Crippen LogP contribution in [0.3, 0.4) is 0 Å². The minimum Gasteiger partial charge on any atom is -0.347 e. The largest absolute Gasteiger partial charge is 0.347 e. The van der Waals surface area contributed by atoms with E-state index >= 15 is 0 Å². The minimum absolute atomic E-state index is 0.0251. The van der Waals surface area contributed by atoms with Gasteiger partial charge in [0.15, 0.2) is 0 Å². The fraction of sp³-hybridized carbons (Fsp3) is 0.308. The summed E-state index contributed by atoms with van der Waals surface area (Å²) in [5.74, 6) is 0.466. The summed E-state index contributed by atoms with van der Waals surface area (Å²) in [6.07, 6.45) is 5.52. The number of nitrogens with zero attached hydrogens (tertiary/aromatic N) is 3. The van der Waals surface area contributed by atoms with E-state index in [1.165, 1.54) is 5.56 Å². The van der Waals surface area contributed by atoms with Crippen molar-refractivity contribution in [1.82, 2.24) is 20.2 Å². The monoisotopic (exact) mass is 439 g/mol. The highest BCUT2D eigenvalue weighted by atomic mass is 16.2. The molecule has 4 heterocycles. The number of likely N-dealkylation sites (tertiary alicyclic amines) is 1. The maximum absolute atomic E-state index is 13.0. The zero-order valence-electron chi connectivity index (χ0n) is 18.3. The molecule has 1 aromatic carbocycles. The Morgan fingerprint density at radius 2 is 1.97 bits per heavy atom. The second-order valence-electron chi connectivity index (χ2n) is 9.31. The molecular weight excluding hydrogens is 414 g/mol. The van der Waals surface area contributed by atoms with E-state index in [2.05, 4.69) is 49.8 Å². The van der Waals surface area contributed by atoms with Gasteiger partial charge in [0.2, 0.25) is 5.91 Å². The fourth-order valence-electron chi connectivity index (χ4n) is 5.47. The summed E-state index contributed by atoms with van der Waals surface area (Å²) in [6.45, 7) is 2.69. The van der Waals surface area contributed by atoms with E-state index in [1.54, 1.807) is 12.4 Å². The first-order chi connectivity index (χ1) is 16.1. The molecule has 2 aliphatic heterocycles. The number of amides is 2. The molecule has 1 fully saturated rings. The van der Waals surface area contributed by atoms with Gasteiger partial charge in [0, 0.05) is 43.6 Å². The molecule has 2 aromatic heterocycles. The van der Waals surface area contributed by atoms with Gasteiger partial charge in [0.1, 0.15) is 11.5 Å². The van der Waals surface area contributed by atoms with Crippen molar-refractivity contribution in [3.05, 3.63) is 88.9 Å². The Bertz CT molecular complexity index is 1240. The normalized spacial score (nSPS) is 23.4. The van der Waals surface area contributed by atoms with Gasteiger partial charge in [0.05, 0.1) is 5.41 Å². The van der Waals surface area contributed by atoms with E-state index in [0.717, 1.165) is 42.7 Å². The lowest BCUT2D eigenvalue weighted by atomic mass is 9.79. The van der Waals surface area contributed by atoms with Crippen LogP contribution in [0.5, 0.6) is 0 Å². The Morgan fingerprint density at radius 3 is 2.85 bits per heavy atom. The van der Waals surface area contributed by atoms with Crippen molar-refractivity contribution in [2.75, 3.05) is 18.4 Å². The number of pyridine rings is 2. The van der Waals surface area contributed by atoms with Crippen LogP contribution in [0.4, 0.5) is 5.82 Å². The van der Waals surface area contributed by atoms with Gasteiger partial charge in [-0.3, -0.25) is 19.5 Å².